The number of rotatable bonds is 8. The van der Waals surface area contributed by atoms with E-state index in [2.05, 4.69) is 16.5 Å². The second kappa shape index (κ2) is 10.0. The van der Waals surface area contributed by atoms with Gasteiger partial charge in [0, 0.05) is 39.1 Å². The summed E-state index contributed by atoms with van der Waals surface area (Å²) in [6.07, 6.45) is 1.06. The third kappa shape index (κ3) is 6.13. The van der Waals surface area contributed by atoms with Gasteiger partial charge in [0.15, 0.2) is 0 Å². The molecule has 0 atom stereocenters. The van der Waals surface area contributed by atoms with Crippen molar-refractivity contribution in [2.45, 2.75) is 31.2 Å². The van der Waals surface area contributed by atoms with Gasteiger partial charge in [-0.25, -0.2) is 13.1 Å². The van der Waals surface area contributed by atoms with E-state index in [9.17, 15) is 13.2 Å². The van der Waals surface area contributed by atoms with Gasteiger partial charge in [-0.2, -0.15) is 0 Å². The number of carbonyl (C=O) groups is 1. The van der Waals surface area contributed by atoms with Gasteiger partial charge >= 0.3 is 0 Å². The third-order valence-corrected chi connectivity index (χ3v) is 6.76. The monoisotopic (exact) mass is 415 g/mol. The lowest BCUT2D eigenvalue weighted by Crippen LogP contribution is -2.48. The molecule has 1 N–H and O–H groups in total. The van der Waals surface area contributed by atoms with Crippen LogP contribution >= 0.6 is 0 Å². The molecule has 1 heterocycles. The first-order chi connectivity index (χ1) is 14.0. The Hall–Kier alpha value is -2.22. The molecule has 0 aliphatic carbocycles. The molecule has 3 rings (SSSR count). The fourth-order valence-corrected chi connectivity index (χ4v) is 4.43. The van der Waals surface area contributed by atoms with Crippen molar-refractivity contribution >= 4 is 15.9 Å². The number of piperazine rings is 1. The summed E-state index contributed by atoms with van der Waals surface area (Å²) >= 11 is 0. The van der Waals surface area contributed by atoms with Gasteiger partial charge in [-0.05, 0) is 36.2 Å². The number of sulfonamides is 1. The SMILES string of the molecule is CCN1CCN(C(=O)CCc2ccc(S(=O)(=O)NCc3ccccc3)cc2)CC1. The summed E-state index contributed by atoms with van der Waals surface area (Å²) in [6.45, 7) is 6.87. The summed E-state index contributed by atoms with van der Waals surface area (Å²) in [6, 6.07) is 16.2. The van der Waals surface area contributed by atoms with Gasteiger partial charge in [-0.15, -0.1) is 0 Å². The first-order valence-corrected chi connectivity index (χ1v) is 11.6. The Kier molecular flexibility index (Phi) is 7.41. The minimum Gasteiger partial charge on any atom is -0.340 e. The van der Waals surface area contributed by atoms with Crippen molar-refractivity contribution in [1.82, 2.24) is 14.5 Å². The lowest BCUT2D eigenvalue weighted by molar-refractivity contribution is -0.132. The first-order valence-electron chi connectivity index (χ1n) is 10.1. The van der Waals surface area contributed by atoms with E-state index in [4.69, 9.17) is 0 Å². The third-order valence-electron chi connectivity index (χ3n) is 5.34. The van der Waals surface area contributed by atoms with E-state index in [0.29, 0.717) is 12.8 Å². The molecule has 1 fully saturated rings. The van der Waals surface area contributed by atoms with Crippen molar-refractivity contribution in [3.05, 3.63) is 65.7 Å². The molecule has 1 aliphatic rings. The first kappa shape index (κ1) is 21.5. The molecule has 0 saturated carbocycles. The van der Waals surface area contributed by atoms with Gasteiger partial charge in [0.2, 0.25) is 15.9 Å². The molecule has 0 aromatic heterocycles. The summed E-state index contributed by atoms with van der Waals surface area (Å²) in [5, 5.41) is 0. The van der Waals surface area contributed by atoms with Gasteiger partial charge in [0.05, 0.1) is 4.90 Å². The van der Waals surface area contributed by atoms with Crippen molar-refractivity contribution in [2.24, 2.45) is 0 Å². The van der Waals surface area contributed by atoms with Crippen molar-refractivity contribution in [1.29, 1.82) is 0 Å². The topological polar surface area (TPSA) is 69.7 Å². The second-order valence-electron chi connectivity index (χ2n) is 7.27. The Morgan fingerprint density at radius 3 is 2.21 bits per heavy atom. The number of carbonyl (C=O) groups excluding carboxylic acids is 1. The van der Waals surface area contributed by atoms with E-state index in [1.54, 1.807) is 24.3 Å². The number of amides is 1. The minimum atomic E-state index is -3.56. The van der Waals surface area contributed by atoms with Crippen LogP contribution in [-0.2, 0) is 27.8 Å². The Bertz CT molecular complexity index is 891. The average molecular weight is 416 g/mol. The van der Waals surface area contributed by atoms with E-state index in [1.807, 2.05) is 35.2 Å². The van der Waals surface area contributed by atoms with E-state index in [1.165, 1.54) is 0 Å². The molecule has 1 aliphatic heterocycles. The molecule has 0 spiro atoms. The zero-order valence-electron chi connectivity index (χ0n) is 16.9. The summed E-state index contributed by atoms with van der Waals surface area (Å²) in [7, 11) is -3.56. The Balaban J connectivity index is 1.50. The lowest BCUT2D eigenvalue weighted by atomic mass is 10.1. The number of nitrogens with one attached hydrogen (secondary N) is 1. The van der Waals surface area contributed by atoms with Crippen molar-refractivity contribution in [2.75, 3.05) is 32.7 Å². The summed E-state index contributed by atoms with van der Waals surface area (Å²) in [5.74, 6) is 0.168. The zero-order valence-corrected chi connectivity index (χ0v) is 17.7. The predicted octanol–water partition coefficient (Wildman–Crippen LogP) is 2.26. The zero-order chi connectivity index (χ0) is 20.7. The largest absolute Gasteiger partial charge is 0.340 e. The van der Waals surface area contributed by atoms with Crippen LogP contribution in [0.3, 0.4) is 0 Å². The standard InChI is InChI=1S/C22H29N3O3S/c1-2-24-14-16-25(17-15-24)22(26)13-10-19-8-11-21(12-9-19)29(27,28)23-18-20-6-4-3-5-7-20/h3-9,11-12,23H,2,10,13-18H2,1H3. The maximum Gasteiger partial charge on any atom is 0.240 e. The van der Waals surface area contributed by atoms with Crippen LogP contribution in [0.5, 0.6) is 0 Å². The van der Waals surface area contributed by atoms with E-state index in [-0.39, 0.29) is 17.3 Å². The molecule has 0 unspecified atom stereocenters. The average Bonchev–Trinajstić information content (AvgIpc) is 2.77. The fraction of sp³-hybridized carbons (Fsp3) is 0.409. The van der Waals surface area contributed by atoms with Crippen LogP contribution in [-0.4, -0.2) is 56.8 Å². The molecule has 0 radical (unpaired) electrons. The minimum absolute atomic E-state index is 0.168. The lowest BCUT2D eigenvalue weighted by Gasteiger charge is -2.34. The number of hydrogen-bond donors (Lipinski definition) is 1. The molecule has 1 saturated heterocycles. The van der Waals surface area contributed by atoms with Crippen LogP contribution in [0.4, 0.5) is 0 Å². The smallest absolute Gasteiger partial charge is 0.240 e. The molecular weight excluding hydrogens is 386 g/mol. The molecule has 0 bridgehead atoms. The van der Waals surface area contributed by atoms with Crippen LogP contribution in [0.25, 0.3) is 0 Å². The molecule has 1 amide bonds. The Labute approximate surface area is 173 Å². The molecule has 6 nitrogen and oxygen atoms in total. The van der Waals surface area contributed by atoms with Gasteiger partial charge in [-0.3, -0.25) is 4.79 Å². The van der Waals surface area contributed by atoms with Crippen LogP contribution in [0.2, 0.25) is 0 Å². The van der Waals surface area contributed by atoms with E-state index < -0.39 is 10.0 Å². The van der Waals surface area contributed by atoms with Crippen LogP contribution in [0.15, 0.2) is 59.5 Å². The van der Waals surface area contributed by atoms with Crippen molar-refractivity contribution in [3.63, 3.8) is 0 Å². The maximum absolute atomic E-state index is 12.5. The highest BCUT2D eigenvalue weighted by molar-refractivity contribution is 7.89. The quantitative estimate of drug-likeness (QED) is 0.718. The van der Waals surface area contributed by atoms with Gasteiger partial charge in [0.25, 0.3) is 0 Å². The molecule has 2 aromatic carbocycles. The molecular formula is C22H29N3O3S. The highest BCUT2D eigenvalue weighted by Gasteiger charge is 2.20. The predicted molar refractivity (Wildman–Crippen MR) is 114 cm³/mol. The fourth-order valence-electron chi connectivity index (χ4n) is 3.42. The molecule has 2 aromatic rings. The number of aryl methyl sites for hydroxylation is 1. The normalized spacial score (nSPS) is 15.4. The maximum atomic E-state index is 12.5. The number of likely N-dealkylation sites (N-methyl/N-ethyl adjacent to an activating group) is 1. The van der Waals surface area contributed by atoms with Crippen LogP contribution in [0, 0.1) is 0 Å². The van der Waals surface area contributed by atoms with E-state index >= 15 is 0 Å². The summed E-state index contributed by atoms with van der Waals surface area (Å²) in [4.78, 5) is 16.9. The van der Waals surface area contributed by atoms with Gasteiger partial charge < -0.3 is 9.80 Å². The van der Waals surface area contributed by atoms with Crippen molar-refractivity contribution in [3.8, 4) is 0 Å². The summed E-state index contributed by atoms with van der Waals surface area (Å²) in [5.41, 5.74) is 1.87. The molecule has 29 heavy (non-hydrogen) atoms. The second-order valence-corrected chi connectivity index (χ2v) is 9.04. The van der Waals surface area contributed by atoms with E-state index in [0.717, 1.165) is 43.9 Å². The number of benzene rings is 2. The Morgan fingerprint density at radius 1 is 0.931 bits per heavy atom. The van der Waals surface area contributed by atoms with Gasteiger partial charge in [-0.1, -0.05) is 49.4 Å². The number of nitrogens with zero attached hydrogens (tertiary/aromatic N) is 2. The highest BCUT2D eigenvalue weighted by atomic mass is 32.2. The molecule has 7 heteroatoms. The molecule has 156 valence electrons. The van der Waals surface area contributed by atoms with Crippen LogP contribution in [0.1, 0.15) is 24.5 Å². The summed E-state index contributed by atoms with van der Waals surface area (Å²) < 4.78 is 27.5. The van der Waals surface area contributed by atoms with Crippen LogP contribution < -0.4 is 4.72 Å². The van der Waals surface area contributed by atoms with Gasteiger partial charge in [0.1, 0.15) is 0 Å². The Morgan fingerprint density at radius 2 is 1.59 bits per heavy atom. The highest BCUT2D eigenvalue weighted by Crippen LogP contribution is 2.14. The van der Waals surface area contributed by atoms with Crippen molar-refractivity contribution < 1.29 is 13.2 Å². The number of hydrogen-bond acceptors (Lipinski definition) is 4.